The Bertz CT molecular complexity index is 1570. The lowest BCUT2D eigenvalue weighted by Crippen LogP contribution is -2.43. The van der Waals surface area contributed by atoms with Crippen LogP contribution in [0, 0.1) is 4.91 Å². The van der Waals surface area contributed by atoms with E-state index in [4.69, 9.17) is 0 Å². The molecule has 17 heteroatoms. The fraction of sp³-hybridized carbons (Fsp3) is 0.276. The molecule has 1 heterocycles. The van der Waals surface area contributed by atoms with Gasteiger partial charge in [0, 0.05) is 64.4 Å². The topological polar surface area (TPSA) is 252 Å². The maximum atomic E-state index is 12.7. The Morgan fingerprint density at radius 2 is 1.20 bits per heavy atom. The lowest BCUT2D eigenvalue weighted by atomic mass is 10.1. The van der Waals surface area contributed by atoms with Gasteiger partial charge >= 0.3 is 11.9 Å². The summed E-state index contributed by atoms with van der Waals surface area (Å²) in [6.45, 7) is 0.512. The molecule has 0 saturated heterocycles. The molecule has 0 radical (unpaired) electrons. The first-order chi connectivity index (χ1) is 21.9. The lowest BCUT2D eigenvalue weighted by Gasteiger charge is -2.23. The van der Waals surface area contributed by atoms with E-state index in [-0.39, 0.29) is 63.4 Å². The number of hydrogen-bond donors (Lipinski definition) is 6. The van der Waals surface area contributed by atoms with Crippen LogP contribution >= 0.6 is 0 Å². The molecule has 0 aliphatic carbocycles. The molecule has 5 amide bonds. The first kappa shape index (κ1) is 34.5. The summed E-state index contributed by atoms with van der Waals surface area (Å²) in [5, 5.41) is 39.1. The second-order valence-corrected chi connectivity index (χ2v) is 9.72. The Labute approximate surface area is 260 Å². The highest BCUT2D eigenvalue weighted by molar-refractivity contribution is 6.13. The van der Waals surface area contributed by atoms with Gasteiger partial charge in [0.1, 0.15) is 17.0 Å². The predicted octanol–water partition coefficient (Wildman–Crippen LogP) is 0.0796. The van der Waals surface area contributed by atoms with Gasteiger partial charge in [0.25, 0.3) is 23.6 Å². The Balaban J connectivity index is 1.59. The highest BCUT2D eigenvalue weighted by Crippen LogP contribution is 2.24. The summed E-state index contributed by atoms with van der Waals surface area (Å²) in [4.78, 5) is 97.5. The Kier molecular flexibility index (Phi) is 12.2. The second kappa shape index (κ2) is 16.2. The van der Waals surface area contributed by atoms with Crippen molar-refractivity contribution in [1.29, 1.82) is 0 Å². The average molecular weight is 639 g/mol. The number of carboxylic acid groups (broad SMARTS) is 2. The molecule has 0 atom stereocenters. The van der Waals surface area contributed by atoms with Crippen molar-refractivity contribution in [2.45, 2.75) is 6.42 Å². The zero-order chi connectivity index (χ0) is 33.8. The van der Waals surface area contributed by atoms with Crippen LogP contribution in [0.3, 0.4) is 0 Å². The van der Waals surface area contributed by atoms with E-state index in [1.165, 1.54) is 24.3 Å². The lowest BCUT2D eigenvalue weighted by molar-refractivity contribution is -0.137. The van der Waals surface area contributed by atoms with Crippen molar-refractivity contribution in [3.63, 3.8) is 0 Å². The number of para-hydroxylation sites is 1. The van der Waals surface area contributed by atoms with Crippen LogP contribution in [0.25, 0.3) is 0 Å². The molecule has 6 N–H and O–H groups in total. The third-order valence-corrected chi connectivity index (χ3v) is 6.75. The number of amides is 5. The van der Waals surface area contributed by atoms with Crippen molar-refractivity contribution in [2.75, 3.05) is 45.8 Å². The van der Waals surface area contributed by atoms with Crippen molar-refractivity contribution in [2.24, 2.45) is 5.18 Å². The van der Waals surface area contributed by atoms with E-state index in [9.17, 15) is 53.8 Å². The third kappa shape index (κ3) is 9.02. The van der Waals surface area contributed by atoms with Crippen LogP contribution in [0.1, 0.15) is 47.9 Å². The monoisotopic (exact) mass is 638 g/mol. The smallest absolute Gasteiger partial charge is 0.339 e. The number of benzene rings is 2. The second-order valence-electron chi connectivity index (χ2n) is 9.72. The molecule has 0 saturated carbocycles. The van der Waals surface area contributed by atoms with Gasteiger partial charge in [-0.25, -0.2) is 9.59 Å². The first-order valence-corrected chi connectivity index (χ1v) is 13.8. The van der Waals surface area contributed by atoms with Gasteiger partial charge in [0.2, 0.25) is 5.91 Å². The number of carbonyl (C=O) groups is 7. The SMILES string of the molecule is O=Nc1c(C(=O)O)cccc1C(=O)NCCN(CCNC(=O)CCN1C(=O)C=CC1=O)CCNC(=O)c1cccc(C(=O)O)c1O. The largest absolute Gasteiger partial charge is 0.506 e. The van der Waals surface area contributed by atoms with E-state index < -0.39 is 64.0 Å². The molecule has 3 rings (SSSR count). The molecule has 0 aromatic heterocycles. The molecule has 0 unspecified atom stereocenters. The number of aromatic carboxylic acids is 2. The van der Waals surface area contributed by atoms with Crippen LogP contribution < -0.4 is 16.0 Å². The minimum atomic E-state index is -1.43. The third-order valence-electron chi connectivity index (χ3n) is 6.75. The summed E-state index contributed by atoms with van der Waals surface area (Å²) in [6, 6.07) is 7.37. The molecule has 17 nitrogen and oxygen atoms in total. The van der Waals surface area contributed by atoms with Gasteiger partial charge in [-0.05, 0) is 29.4 Å². The van der Waals surface area contributed by atoms with Crippen LogP contribution in [0.15, 0.2) is 53.7 Å². The maximum absolute atomic E-state index is 12.7. The Hall–Kier alpha value is -5.97. The highest BCUT2D eigenvalue weighted by atomic mass is 16.4. The van der Waals surface area contributed by atoms with E-state index in [0.29, 0.717) is 0 Å². The van der Waals surface area contributed by atoms with E-state index in [1.54, 1.807) is 4.90 Å². The first-order valence-electron chi connectivity index (χ1n) is 13.8. The average Bonchev–Trinajstić information content (AvgIpc) is 3.35. The van der Waals surface area contributed by atoms with Gasteiger partial charge in [-0.3, -0.25) is 33.8 Å². The molecule has 242 valence electrons. The quantitative estimate of drug-likeness (QED) is 0.0995. The minimum absolute atomic E-state index is 0.00349. The van der Waals surface area contributed by atoms with E-state index >= 15 is 0 Å². The number of nitroso groups, excluding NO2 is 1. The maximum Gasteiger partial charge on any atom is 0.339 e. The van der Waals surface area contributed by atoms with E-state index in [2.05, 4.69) is 21.1 Å². The normalized spacial score (nSPS) is 12.2. The van der Waals surface area contributed by atoms with Gasteiger partial charge in [-0.1, -0.05) is 12.1 Å². The Morgan fingerprint density at radius 1 is 0.717 bits per heavy atom. The molecule has 1 aliphatic heterocycles. The molecule has 2 aromatic rings. The van der Waals surface area contributed by atoms with Gasteiger partial charge in [0.15, 0.2) is 0 Å². The van der Waals surface area contributed by atoms with Crippen LogP contribution in [-0.4, -0.2) is 112 Å². The zero-order valence-electron chi connectivity index (χ0n) is 24.2. The van der Waals surface area contributed by atoms with Crippen LogP contribution in [0.2, 0.25) is 0 Å². The van der Waals surface area contributed by atoms with Crippen molar-refractivity contribution in [3.05, 3.63) is 75.7 Å². The molecular weight excluding hydrogens is 608 g/mol. The Morgan fingerprint density at radius 3 is 1.74 bits per heavy atom. The summed E-state index contributed by atoms with van der Waals surface area (Å²) in [6.07, 6.45) is 2.09. The summed E-state index contributed by atoms with van der Waals surface area (Å²) in [5.41, 5.74) is -1.91. The van der Waals surface area contributed by atoms with Gasteiger partial charge in [0.05, 0.1) is 16.7 Å². The fourth-order valence-corrected chi connectivity index (χ4v) is 4.38. The van der Waals surface area contributed by atoms with Crippen molar-refractivity contribution < 1.29 is 48.9 Å². The number of hydrogen-bond acceptors (Lipinski definition) is 11. The number of carboxylic acids is 2. The summed E-state index contributed by atoms with van der Waals surface area (Å²) >= 11 is 0. The summed E-state index contributed by atoms with van der Waals surface area (Å²) in [7, 11) is 0. The standard InChI is InChI=1S/C29H30N6O11/c36-21(9-13-35-22(37)7-8-23(35)38)30-10-14-34(16-12-32-27(41)19-5-2-6-20(25(19)39)29(44)45)15-11-31-26(40)17-3-1-4-18(28(42)43)24(17)33-46/h1-8,39H,9-16H2,(H,30,36)(H,31,40)(H,32,41)(H,42,43)(H,44,45). The summed E-state index contributed by atoms with van der Waals surface area (Å²) < 4.78 is 0. The minimum Gasteiger partial charge on any atom is -0.506 e. The molecule has 1 aliphatic rings. The number of nitrogens with one attached hydrogen (secondary N) is 3. The molecule has 0 fully saturated rings. The highest BCUT2D eigenvalue weighted by Gasteiger charge is 2.24. The van der Waals surface area contributed by atoms with Crippen LogP contribution in [0.4, 0.5) is 5.69 Å². The van der Waals surface area contributed by atoms with E-state index in [0.717, 1.165) is 29.2 Å². The molecule has 46 heavy (non-hydrogen) atoms. The number of phenols is 1. The van der Waals surface area contributed by atoms with Crippen LogP contribution in [-0.2, 0) is 14.4 Å². The molecule has 2 aromatic carbocycles. The van der Waals surface area contributed by atoms with Crippen molar-refractivity contribution in [1.82, 2.24) is 25.8 Å². The molecule has 0 bridgehead atoms. The summed E-state index contributed by atoms with van der Waals surface area (Å²) in [5.74, 6) is -6.50. The van der Waals surface area contributed by atoms with Crippen molar-refractivity contribution >= 4 is 47.2 Å². The van der Waals surface area contributed by atoms with Gasteiger partial charge in [-0.15, -0.1) is 4.91 Å². The predicted molar refractivity (Wildman–Crippen MR) is 159 cm³/mol. The van der Waals surface area contributed by atoms with Gasteiger partial charge in [-0.2, -0.15) is 0 Å². The molecular formula is C29H30N6O11. The number of aromatic hydroxyl groups is 1. The molecule has 0 spiro atoms. The zero-order valence-corrected chi connectivity index (χ0v) is 24.2. The fourth-order valence-electron chi connectivity index (χ4n) is 4.38. The number of imide groups is 1. The number of rotatable bonds is 17. The number of nitrogens with zero attached hydrogens (tertiary/aromatic N) is 3. The number of carbonyl (C=O) groups excluding carboxylic acids is 5. The van der Waals surface area contributed by atoms with Crippen molar-refractivity contribution in [3.8, 4) is 5.75 Å². The van der Waals surface area contributed by atoms with E-state index in [1.807, 2.05) is 0 Å². The van der Waals surface area contributed by atoms with Gasteiger partial charge < -0.3 is 31.3 Å². The van der Waals surface area contributed by atoms with Crippen LogP contribution in [0.5, 0.6) is 5.75 Å².